The number of aromatic nitrogens is 1. The highest BCUT2D eigenvalue weighted by Gasteiger charge is 2.17. The molecule has 26 heavy (non-hydrogen) atoms. The van der Waals surface area contributed by atoms with Crippen molar-refractivity contribution in [3.05, 3.63) is 73.9 Å². The first-order valence-corrected chi connectivity index (χ1v) is 9.96. The quantitative estimate of drug-likeness (QED) is 0.336. The Bertz CT molecular complexity index is 919. The predicted molar refractivity (Wildman–Crippen MR) is 106 cm³/mol. The largest absolute Gasteiger partial charge is 0.454 e. The van der Waals surface area contributed by atoms with E-state index in [2.05, 4.69) is 10.6 Å². The summed E-state index contributed by atoms with van der Waals surface area (Å²) in [4.78, 5) is 25.5. The summed E-state index contributed by atoms with van der Waals surface area (Å²) in [6.07, 6.45) is 3.02. The van der Waals surface area contributed by atoms with Crippen LogP contribution in [0.25, 0.3) is 6.08 Å². The maximum absolute atomic E-state index is 12.5. The average molecular weight is 386 g/mol. The van der Waals surface area contributed by atoms with Crippen molar-refractivity contribution in [1.29, 1.82) is 0 Å². The number of esters is 1. The van der Waals surface area contributed by atoms with Gasteiger partial charge in [-0.05, 0) is 59.8 Å². The average Bonchev–Trinajstić information content (AvgIpc) is 3.37. The molecule has 0 saturated carbocycles. The molecule has 6 heteroatoms. The maximum Gasteiger partial charge on any atom is 0.331 e. The van der Waals surface area contributed by atoms with E-state index < -0.39 is 5.97 Å². The van der Waals surface area contributed by atoms with Crippen LogP contribution < -0.4 is 0 Å². The molecular weight excluding hydrogens is 366 g/mol. The second-order valence-corrected chi connectivity index (χ2v) is 7.68. The van der Waals surface area contributed by atoms with Gasteiger partial charge in [-0.25, -0.2) is 4.79 Å². The summed E-state index contributed by atoms with van der Waals surface area (Å²) < 4.78 is 7.20. The fourth-order valence-electron chi connectivity index (χ4n) is 2.68. The monoisotopic (exact) mass is 385 g/mol. The molecular formula is C20H19NO3S2. The van der Waals surface area contributed by atoms with Crippen LogP contribution in [0.1, 0.15) is 32.2 Å². The maximum atomic E-state index is 12.5. The molecule has 0 aliphatic heterocycles. The van der Waals surface area contributed by atoms with Gasteiger partial charge in [0.1, 0.15) is 0 Å². The van der Waals surface area contributed by atoms with E-state index in [0.717, 1.165) is 23.5 Å². The normalized spacial score (nSPS) is 11.2. The zero-order valence-corrected chi connectivity index (χ0v) is 16.2. The van der Waals surface area contributed by atoms with Crippen LogP contribution in [0.15, 0.2) is 46.5 Å². The van der Waals surface area contributed by atoms with Crippen LogP contribution in [-0.2, 0) is 16.1 Å². The Balaban J connectivity index is 1.62. The van der Waals surface area contributed by atoms with Gasteiger partial charge in [-0.3, -0.25) is 4.79 Å². The topological polar surface area (TPSA) is 48.3 Å². The van der Waals surface area contributed by atoms with Gasteiger partial charge in [-0.1, -0.05) is 6.07 Å². The summed E-state index contributed by atoms with van der Waals surface area (Å²) in [6.45, 7) is 4.39. The lowest BCUT2D eigenvalue weighted by Crippen LogP contribution is -2.13. The van der Waals surface area contributed by atoms with Gasteiger partial charge < -0.3 is 9.30 Å². The van der Waals surface area contributed by atoms with Crippen LogP contribution >= 0.6 is 22.7 Å². The highest BCUT2D eigenvalue weighted by Crippen LogP contribution is 2.20. The number of ketones is 1. The van der Waals surface area contributed by atoms with Gasteiger partial charge >= 0.3 is 5.97 Å². The van der Waals surface area contributed by atoms with Gasteiger partial charge in [0, 0.05) is 27.9 Å². The summed E-state index contributed by atoms with van der Waals surface area (Å²) in [6, 6.07) is 7.86. The van der Waals surface area contributed by atoms with E-state index in [1.807, 2.05) is 48.2 Å². The number of hydrogen-bond donors (Lipinski definition) is 0. The van der Waals surface area contributed by atoms with Crippen LogP contribution in [-0.4, -0.2) is 22.9 Å². The van der Waals surface area contributed by atoms with Crippen LogP contribution in [0.2, 0.25) is 0 Å². The number of ether oxygens (including phenoxy) is 1. The van der Waals surface area contributed by atoms with Gasteiger partial charge in [0.15, 0.2) is 6.61 Å². The number of thiophene rings is 2. The highest BCUT2D eigenvalue weighted by atomic mass is 32.1. The van der Waals surface area contributed by atoms with E-state index in [1.54, 1.807) is 28.7 Å². The minimum atomic E-state index is -0.517. The molecule has 3 rings (SSSR count). The molecule has 0 aliphatic rings. The first kappa shape index (κ1) is 18.4. The smallest absolute Gasteiger partial charge is 0.331 e. The lowest BCUT2D eigenvalue weighted by atomic mass is 10.1. The van der Waals surface area contributed by atoms with E-state index >= 15 is 0 Å². The Labute approximate surface area is 160 Å². The van der Waals surface area contributed by atoms with E-state index in [4.69, 9.17) is 4.74 Å². The van der Waals surface area contributed by atoms with Crippen molar-refractivity contribution in [2.45, 2.75) is 20.4 Å². The number of carbonyl (C=O) groups is 2. The number of hydrogen-bond acceptors (Lipinski definition) is 5. The van der Waals surface area contributed by atoms with Gasteiger partial charge in [0.25, 0.3) is 0 Å². The highest BCUT2D eigenvalue weighted by molar-refractivity contribution is 7.09. The SMILES string of the molecule is Cc1cc(C(=O)COC(=O)/C=C/c2ccsc2)c(C)n1Cc1cccs1. The molecule has 0 aliphatic carbocycles. The molecule has 3 aromatic heterocycles. The molecule has 0 bridgehead atoms. The molecule has 134 valence electrons. The zero-order chi connectivity index (χ0) is 18.5. The molecule has 0 spiro atoms. The Morgan fingerprint density at radius 3 is 2.77 bits per heavy atom. The number of nitrogens with zero attached hydrogens (tertiary/aromatic N) is 1. The molecule has 3 aromatic rings. The van der Waals surface area contributed by atoms with Crippen LogP contribution in [0.4, 0.5) is 0 Å². The van der Waals surface area contributed by atoms with Crippen LogP contribution in [0.3, 0.4) is 0 Å². The Hall–Kier alpha value is -2.44. The molecule has 0 amide bonds. The summed E-state index contributed by atoms with van der Waals surface area (Å²) >= 11 is 3.24. The van der Waals surface area contributed by atoms with Crippen molar-refractivity contribution < 1.29 is 14.3 Å². The first-order chi connectivity index (χ1) is 12.5. The minimum absolute atomic E-state index is 0.187. The molecule has 0 saturated heterocycles. The van der Waals surface area contributed by atoms with Gasteiger partial charge in [0.05, 0.1) is 6.54 Å². The fourth-order valence-corrected chi connectivity index (χ4v) is 4.00. The van der Waals surface area contributed by atoms with Crippen molar-refractivity contribution in [3.63, 3.8) is 0 Å². The van der Waals surface area contributed by atoms with Crippen LogP contribution in [0, 0.1) is 13.8 Å². The first-order valence-electron chi connectivity index (χ1n) is 8.14. The van der Waals surface area contributed by atoms with E-state index in [0.29, 0.717) is 5.56 Å². The van der Waals surface area contributed by atoms with Crippen molar-refractivity contribution in [1.82, 2.24) is 4.57 Å². The van der Waals surface area contributed by atoms with Gasteiger partial charge in [-0.15, -0.1) is 11.3 Å². The fraction of sp³-hybridized carbons (Fsp3) is 0.200. The van der Waals surface area contributed by atoms with Crippen LogP contribution in [0.5, 0.6) is 0 Å². The second kappa shape index (κ2) is 8.29. The molecule has 0 unspecified atom stereocenters. The standard InChI is InChI=1S/C20H19NO3S2/c1-14-10-18(15(2)21(14)11-17-4-3-8-26-17)19(22)12-24-20(23)6-5-16-7-9-25-13-16/h3-10,13H,11-12H2,1-2H3/b6-5+. The molecule has 0 aromatic carbocycles. The lowest BCUT2D eigenvalue weighted by Gasteiger charge is -2.08. The molecule has 0 N–H and O–H groups in total. The third-order valence-corrected chi connectivity index (χ3v) is 5.63. The van der Waals surface area contributed by atoms with Gasteiger partial charge in [0.2, 0.25) is 5.78 Å². The number of Topliss-reactive ketones (excluding diaryl/α,β-unsaturated/α-hetero) is 1. The number of rotatable bonds is 7. The van der Waals surface area contributed by atoms with Crippen molar-refractivity contribution in [2.24, 2.45) is 0 Å². The predicted octanol–water partition coefficient (Wildman–Crippen LogP) is 4.72. The summed E-state index contributed by atoms with van der Waals surface area (Å²) in [7, 11) is 0. The molecule has 4 nitrogen and oxygen atoms in total. The van der Waals surface area contributed by atoms with E-state index in [1.165, 1.54) is 11.0 Å². The van der Waals surface area contributed by atoms with Gasteiger partial charge in [-0.2, -0.15) is 11.3 Å². The third kappa shape index (κ3) is 4.39. The van der Waals surface area contributed by atoms with Crippen molar-refractivity contribution >= 4 is 40.5 Å². The van der Waals surface area contributed by atoms with E-state index in [9.17, 15) is 9.59 Å². The molecule has 0 atom stereocenters. The summed E-state index contributed by atoms with van der Waals surface area (Å²) in [5, 5.41) is 5.90. The second-order valence-electron chi connectivity index (χ2n) is 5.87. The molecule has 0 radical (unpaired) electrons. The Morgan fingerprint density at radius 2 is 2.08 bits per heavy atom. The number of carbonyl (C=O) groups excluding carboxylic acids is 2. The molecule has 3 heterocycles. The lowest BCUT2D eigenvalue weighted by molar-refractivity contribution is -0.136. The summed E-state index contributed by atoms with van der Waals surface area (Å²) in [5.74, 6) is -0.704. The summed E-state index contributed by atoms with van der Waals surface area (Å²) in [5.41, 5.74) is 3.46. The third-order valence-electron chi connectivity index (χ3n) is 4.07. The Kier molecular flexibility index (Phi) is 5.85. The zero-order valence-electron chi connectivity index (χ0n) is 14.6. The Morgan fingerprint density at radius 1 is 1.23 bits per heavy atom. The van der Waals surface area contributed by atoms with Crippen molar-refractivity contribution in [2.75, 3.05) is 6.61 Å². The van der Waals surface area contributed by atoms with E-state index in [-0.39, 0.29) is 12.4 Å². The molecule has 0 fully saturated rings. The minimum Gasteiger partial charge on any atom is -0.454 e. The number of aryl methyl sites for hydroxylation is 1. The van der Waals surface area contributed by atoms with Crippen molar-refractivity contribution in [3.8, 4) is 0 Å².